The molecule has 4 rings (SSSR count). The second-order valence-electron chi connectivity index (χ2n) is 7.66. The second-order valence-corrected chi connectivity index (χ2v) is 8.80. The van der Waals surface area contributed by atoms with Crippen molar-refractivity contribution < 1.29 is 18.7 Å². The first kappa shape index (κ1) is 23.4. The van der Waals surface area contributed by atoms with E-state index in [0.717, 1.165) is 33.0 Å². The lowest BCUT2D eigenvalue weighted by molar-refractivity contribution is 0.0997. The van der Waals surface area contributed by atoms with Gasteiger partial charge in [0, 0.05) is 22.2 Å². The fraction of sp³-hybridized carbons (Fsp3) is 0.231. The van der Waals surface area contributed by atoms with Crippen LogP contribution in [0.15, 0.2) is 65.4 Å². The van der Waals surface area contributed by atoms with Crippen molar-refractivity contribution in [1.29, 1.82) is 0 Å². The van der Waals surface area contributed by atoms with Crippen LogP contribution in [0.5, 0.6) is 11.5 Å². The number of carbonyl (C=O) groups is 1. The molecule has 1 atom stereocenters. The molecule has 0 saturated carbocycles. The Kier molecular flexibility index (Phi) is 7.18. The molecule has 7 nitrogen and oxygen atoms in total. The van der Waals surface area contributed by atoms with E-state index >= 15 is 0 Å². The molecule has 4 aromatic rings. The fourth-order valence-corrected chi connectivity index (χ4v) is 4.77. The first-order valence-corrected chi connectivity index (χ1v) is 11.7. The number of aromatic nitrogens is 1. The Bertz CT molecular complexity index is 1270. The van der Waals surface area contributed by atoms with Crippen LogP contribution in [-0.4, -0.2) is 25.1 Å². The van der Waals surface area contributed by atoms with Gasteiger partial charge in [-0.15, -0.1) is 11.3 Å². The Morgan fingerprint density at radius 1 is 1.12 bits per heavy atom. The number of pyridine rings is 1. The third-order valence-electron chi connectivity index (χ3n) is 5.40. The molecule has 3 aromatic heterocycles. The molecule has 0 aliphatic carbocycles. The van der Waals surface area contributed by atoms with Gasteiger partial charge in [-0.25, -0.2) is 4.98 Å². The van der Waals surface area contributed by atoms with Gasteiger partial charge in [0.1, 0.15) is 10.8 Å². The third kappa shape index (κ3) is 4.92. The maximum Gasteiger partial charge on any atom is 0.291 e. The summed E-state index contributed by atoms with van der Waals surface area (Å²) < 4.78 is 16.6. The highest BCUT2D eigenvalue weighted by Crippen LogP contribution is 2.43. The van der Waals surface area contributed by atoms with Crippen LogP contribution >= 0.6 is 11.3 Å². The van der Waals surface area contributed by atoms with E-state index in [2.05, 4.69) is 28.6 Å². The number of aryl methyl sites for hydroxylation is 2. The summed E-state index contributed by atoms with van der Waals surface area (Å²) in [7, 11) is 3.23. The Morgan fingerprint density at radius 3 is 2.65 bits per heavy atom. The Labute approximate surface area is 202 Å². The van der Waals surface area contributed by atoms with Crippen LogP contribution in [0.1, 0.15) is 45.1 Å². The smallest absolute Gasteiger partial charge is 0.291 e. The van der Waals surface area contributed by atoms with E-state index in [-0.39, 0.29) is 17.7 Å². The number of furan rings is 1. The van der Waals surface area contributed by atoms with Crippen molar-refractivity contribution in [3.05, 3.63) is 88.3 Å². The van der Waals surface area contributed by atoms with Crippen LogP contribution in [0, 0.1) is 6.92 Å². The van der Waals surface area contributed by atoms with Crippen LogP contribution in [0.2, 0.25) is 0 Å². The Balaban J connectivity index is 1.84. The Morgan fingerprint density at radius 2 is 1.97 bits per heavy atom. The van der Waals surface area contributed by atoms with Gasteiger partial charge in [-0.1, -0.05) is 19.1 Å². The van der Waals surface area contributed by atoms with Gasteiger partial charge in [-0.2, -0.15) is 0 Å². The van der Waals surface area contributed by atoms with E-state index in [0.29, 0.717) is 17.3 Å². The molecular weight excluding hydrogens is 450 g/mol. The summed E-state index contributed by atoms with van der Waals surface area (Å²) >= 11 is 1.54. The van der Waals surface area contributed by atoms with Crippen molar-refractivity contribution >= 4 is 28.1 Å². The van der Waals surface area contributed by atoms with Crippen molar-refractivity contribution in [2.24, 2.45) is 0 Å². The van der Waals surface area contributed by atoms with Gasteiger partial charge in [-0.3, -0.25) is 4.79 Å². The summed E-state index contributed by atoms with van der Waals surface area (Å²) in [5.74, 6) is 1.89. The largest absolute Gasteiger partial charge is 0.493 e. The summed E-state index contributed by atoms with van der Waals surface area (Å²) in [5.41, 5.74) is 2.84. The predicted octanol–water partition coefficient (Wildman–Crippen LogP) is 6.08. The van der Waals surface area contributed by atoms with E-state index in [4.69, 9.17) is 13.9 Å². The number of ether oxygens (including phenoxy) is 2. The minimum atomic E-state index is -0.372. The molecule has 8 heteroatoms. The molecule has 1 amide bonds. The van der Waals surface area contributed by atoms with Crippen molar-refractivity contribution in [3.8, 4) is 11.5 Å². The fourth-order valence-electron chi connectivity index (χ4n) is 3.74. The van der Waals surface area contributed by atoms with E-state index in [1.807, 2.05) is 37.3 Å². The molecule has 2 N–H and O–H groups in total. The molecule has 3 heterocycles. The molecule has 0 spiro atoms. The molecule has 176 valence electrons. The normalized spacial score (nSPS) is 11.6. The molecule has 0 aliphatic rings. The lowest BCUT2D eigenvalue weighted by Crippen LogP contribution is -2.17. The van der Waals surface area contributed by atoms with Gasteiger partial charge >= 0.3 is 0 Å². The number of carbonyl (C=O) groups excluding carboxylic acids is 1. The Hall–Kier alpha value is -3.78. The van der Waals surface area contributed by atoms with E-state index in [1.165, 1.54) is 17.6 Å². The highest BCUT2D eigenvalue weighted by Gasteiger charge is 2.27. The number of methoxy groups -OCH3 is 2. The van der Waals surface area contributed by atoms with Gasteiger partial charge in [0.25, 0.3) is 5.91 Å². The molecule has 0 radical (unpaired) electrons. The molecule has 0 saturated heterocycles. The van der Waals surface area contributed by atoms with E-state index in [9.17, 15) is 4.79 Å². The molecule has 0 bridgehead atoms. The van der Waals surface area contributed by atoms with Crippen molar-refractivity contribution in [1.82, 2.24) is 4.98 Å². The topological polar surface area (TPSA) is 85.6 Å². The minimum absolute atomic E-state index is 0.251. The summed E-state index contributed by atoms with van der Waals surface area (Å²) in [6, 6.07) is 14.7. The third-order valence-corrected chi connectivity index (χ3v) is 6.61. The van der Waals surface area contributed by atoms with Crippen LogP contribution in [-0.2, 0) is 6.42 Å². The minimum Gasteiger partial charge on any atom is -0.493 e. The van der Waals surface area contributed by atoms with Crippen molar-refractivity contribution in [3.63, 3.8) is 0 Å². The van der Waals surface area contributed by atoms with Crippen LogP contribution in [0.25, 0.3) is 0 Å². The van der Waals surface area contributed by atoms with Crippen molar-refractivity contribution in [2.45, 2.75) is 26.3 Å². The van der Waals surface area contributed by atoms with E-state index in [1.54, 1.807) is 32.5 Å². The quantitative estimate of drug-likeness (QED) is 0.304. The monoisotopic (exact) mass is 477 g/mol. The first-order chi connectivity index (χ1) is 16.5. The lowest BCUT2D eigenvalue weighted by atomic mass is 9.98. The van der Waals surface area contributed by atoms with Gasteiger partial charge in [0.05, 0.1) is 26.5 Å². The molecule has 0 aliphatic heterocycles. The number of anilines is 2. The van der Waals surface area contributed by atoms with E-state index < -0.39 is 0 Å². The highest BCUT2D eigenvalue weighted by atomic mass is 32.1. The van der Waals surface area contributed by atoms with Crippen LogP contribution in [0.3, 0.4) is 0 Å². The zero-order valence-electron chi connectivity index (χ0n) is 19.5. The average molecular weight is 478 g/mol. The number of amides is 1. The summed E-state index contributed by atoms with van der Waals surface area (Å²) in [6.45, 7) is 4.10. The molecule has 0 fully saturated rings. The summed E-state index contributed by atoms with van der Waals surface area (Å²) in [4.78, 5) is 18.5. The standard InChI is InChI=1S/C26H27N3O4S/c1-5-17-15-19(26(34-17)29-25(30)21-10-7-13-33-21)23(28-22-14-16(2)11-12-27-22)18-8-6-9-20(31-3)24(18)32-4/h6-15,23H,5H2,1-4H3,(H,27,28)(H,29,30). The van der Waals surface area contributed by atoms with Gasteiger partial charge < -0.3 is 24.5 Å². The number of thiophene rings is 1. The zero-order chi connectivity index (χ0) is 24.1. The van der Waals surface area contributed by atoms with Gasteiger partial charge in [0.15, 0.2) is 17.3 Å². The van der Waals surface area contributed by atoms with Crippen LogP contribution in [0.4, 0.5) is 10.8 Å². The number of nitrogens with one attached hydrogen (secondary N) is 2. The molecule has 34 heavy (non-hydrogen) atoms. The number of benzene rings is 1. The molecule has 1 aromatic carbocycles. The number of hydrogen-bond donors (Lipinski definition) is 2. The SMILES string of the molecule is CCc1cc(C(Nc2cc(C)ccn2)c2cccc(OC)c2OC)c(NC(=O)c2ccco2)s1. The number of rotatable bonds is 9. The number of nitrogens with zero attached hydrogens (tertiary/aromatic N) is 1. The molecule has 1 unspecified atom stereocenters. The zero-order valence-corrected chi connectivity index (χ0v) is 20.4. The predicted molar refractivity (Wildman–Crippen MR) is 134 cm³/mol. The molecular formula is C26H27N3O4S. The summed E-state index contributed by atoms with van der Waals surface area (Å²) in [6.07, 6.45) is 4.08. The number of para-hydroxylation sites is 1. The maximum absolute atomic E-state index is 12.8. The highest BCUT2D eigenvalue weighted by molar-refractivity contribution is 7.16. The summed E-state index contributed by atoms with van der Waals surface area (Å²) in [5, 5.41) is 7.31. The van der Waals surface area contributed by atoms with Gasteiger partial charge in [0.2, 0.25) is 0 Å². The maximum atomic E-state index is 12.8. The average Bonchev–Trinajstić information content (AvgIpc) is 3.52. The lowest BCUT2D eigenvalue weighted by Gasteiger charge is -2.24. The number of hydrogen-bond acceptors (Lipinski definition) is 7. The van der Waals surface area contributed by atoms with Crippen LogP contribution < -0.4 is 20.1 Å². The van der Waals surface area contributed by atoms with Gasteiger partial charge in [-0.05, 0) is 55.3 Å². The van der Waals surface area contributed by atoms with Crippen molar-refractivity contribution in [2.75, 3.05) is 24.9 Å². The first-order valence-electron chi connectivity index (χ1n) is 10.9. The second kappa shape index (κ2) is 10.4.